The van der Waals surface area contributed by atoms with Gasteiger partial charge in [-0.2, -0.15) is 0 Å². The highest BCUT2D eigenvalue weighted by molar-refractivity contribution is 7.10. The highest BCUT2D eigenvalue weighted by Gasteiger charge is 2.14. The Hall–Kier alpha value is -0.710. The summed E-state index contributed by atoms with van der Waals surface area (Å²) in [5.41, 5.74) is 2.73. The standard InChI is InChI=1S/C9H9NOS2/c1-6-7(2-3-12-6)9(11)8-4-10-5-13-8/h2-5,9,11H,1H3. The van der Waals surface area contributed by atoms with E-state index in [-0.39, 0.29) is 0 Å². The summed E-state index contributed by atoms with van der Waals surface area (Å²) in [6.07, 6.45) is 1.21. The number of aromatic nitrogens is 1. The first-order valence-electron chi connectivity index (χ1n) is 3.89. The van der Waals surface area contributed by atoms with Crippen molar-refractivity contribution in [2.45, 2.75) is 13.0 Å². The molecule has 2 aromatic rings. The number of aliphatic hydroxyl groups excluding tert-OH is 1. The molecular weight excluding hydrogens is 202 g/mol. The van der Waals surface area contributed by atoms with Crippen LogP contribution in [0.3, 0.4) is 0 Å². The number of thiophene rings is 1. The van der Waals surface area contributed by atoms with Crippen molar-refractivity contribution in [1.29, 1.82) is 0 Å². The zero-order valence-electron chi connectivity index (χ0n) is 7.10. The molecule has 4 heteroatoms. The summed E-state index contributed by atoms with van der Waals surface area (Å²) in [6, 6.07) is 1.96. The van der Waals surface area contributed by atoms with Crippen LogP contribution in [0.25, 0.3) is 0 Å². The molecule has 1 atom stereocenters. The fraction of sp³-hybridized carbons (Fsp3) is 0.222. The normalized spacial score (nSPS) is 13.1. The quantitative estimate of drug-likeness (QED) is 0.828. The highest BCUT2D eigenvalue weighted by Crippen LogP contribution is 2.29. The molecule has 0 saturated heterocycles. The number of hydrogen-bond donors (Lipinski definition) is 1. The lowest BCUT2D eigenvalue weighted by Crippen LogP contribution is -1.96. The van der Waals surface area contributed by atoms with E-state index in [2.05, 4.69) is 4.98 Å². The molecular formula is C9H9NOS2. The Balaban J connectivity index is 2.33. The molecule has 1 unspecified atom stereocenters. The molecule has 1 N–H and O–H groups in total. The molecule has 0 aliphatic rings. The average Bonchev–Trinajstić information content (AvgIpc) is 2.72. The molecule has 2 aromatic heterocycles. The minimum atomic E-state index is -0.501. The van der Waals surface area contributed by atoms with Crippen LogP contribution in [0.1, 0.15) is 21.4 Å². The van der Waals surface area contributed by atoms with Crippen LogP contribution >= 0.6 is 22.7 Å². The Kier molecular flexibility index (Phi) is 2.44. The van der Waals surface area contributed by atoms with Gasteiger partial charge in [-0.15, -0.1) is 22.7 Å². The van der Waals surface area contributed by atoms with Gasteiger partial charge in [-0.05, 0) is 23.9 Å². The minimum Gasteiger partial charge on any atom is -0.383 e. The Labute approximate surface area is 84.5 Å². The van der Waals surface area contributed by atoms with E-state index in [4.69, 9.17) is 0 Å². The predicted octanol–water partition coefficient (Wildman–Crippen LogP) is 2.59. The van der Waals surface area contributed by atoms with Crippen molar-refractivity contribution < 1.29 is 5.11 Å². The molecule has 13 heavy (non-hydrogen) atoms. The zero-order chi connectivity index (χ0) is 9.26. The molecule has 68 valence electrons. The fourth-order valence-corrected chi connectivity index (χ4v) is 2.55. The number of thiazole rings is 1. The highest BCUT2D eigenvalue weighted by atomic mass is 32.1. The first-order chi connectivity index (χ1) is 6.29. The second kappa shape index (κ2) is 3.57. The van der Waals surface area contributed by atoms with E-state index >= 15 is 0 Å². The number of nitrogens with zero attached hydrogens (tertiary/aromatic N) is 1. The van der Waals surface area contributed by atoms with Gasteiger partial charge in [0.1, 0.15) is 6.10 Å². The lowest BCUT2D eigenvalue weighted by Gasteiger charge is -2.06. The summed E-state index contributed by atoms with van der Waals surface area (Å²) >= 11 is 3.14. The Morgan fingerprint density at radius 1 is 1.46 bits per heavy atom. The van der Waals surface area contributed by atoms with Crippen molar-refractivity contribution in [1.82, 2.24) is 4.98 Å². The molecule has 0 bridgehead atoms. The van der Waals surface area contributed by atoms with Crippen LogP contribution in [-0.2, 0) is 0 Å². The zero-order valence-corrected chi connectivity index (χ0v) is 8.73. The van der Waals surface area contributed by atoms with Crippen LogP contribution in [0.4, 0.5) is 0 Å². The van der Waals surface area contributed by atoms with Crippen molar-refractivity contribution in [2.75, 3.05) is 0 Å². The maximum atomic E-state index is 9.93. The lowest BCUT2D eigenvalue weighted by molar-refractivity contribution is 0.224. The summed E-state index contributed by atoms with van der Waals surface area (Å²) in [4.78, 5) is 6.02. The van der Waals surface area contributed by atoms with E-state index in [1.54, 1.807) is 23.0 Å². The minimum absolute atomic E-state index is 0.501. The number of aliphatic hydroxyl groups is 1. The number of rotatable bonds is 2. The fourth-order valence-electron chi connectivity index (χ4n) is 1.19. The average molecular weight is 211 g/mol. The second-order valence-corrected chi connectivity index (χ2v) is 4.78. The molecule has 2 nitrogen and oxygen atoms in total. The maximum Gasteiger partial charge on any atom is 0.116 e. The molecule has 2 rings (SSSR count). The summed E-state index contributed by atoms with van der Waals surface area (Å²) in [5, 5.41) is 11.9. The third-order valence-electron chi connectivity index (χ3n) is 1.91. The summed E-state index contributed by atoms with van der Waals surface area (Å²) in [6.45, 7) is 2.02. The van der Waals surface area contributed by atoms with Gasteiger partial charge < -0.3 is 5.11 Å². The maximum absolute atomic E-state index is 9.93. The van der Waals surface area contributed by atoms with Crippen molar-refractivity contribution in [3.8, 4) is 0 Å². The van der Waals surface area contributed by atoms with Gasteiger partial charge in [0.15, 0.2) is 0 Å². The van der Waals surface area contributed by atoms with E-state index in [9.17, 15) is 5.11 Å². The predicted molar refractivity (Wildman–Crippen MR) is 55.2 cm³/mol. The van der Waals surface area contributed by atoms with Crippen LogP contribution in [0.15, 0.2) is 23.2 Å². The summed E-state index contributed by atoms with van der Waals surface area (Å²) < 4.78 is 0. The van der Waals surface area contributed by atoms with E-state index in [0.29, 0.717) is 0 Å². The molecule has 0 amide bonds. The Morgan fingerprint density at radius 2 is 2.31 bits per heavy atom. The monoisotopic (exact) mass is 211 g/mol. The SMILES string of the molecule is Cc1sccc1C(O)c1cncs1. The molecule has 0 aromatic carbocycles. The number of aryl methyl sites for hydroxylation is 1. The van der Waals surface area contributed by atoms with Crippen LogP contribution in [0.2, 0.25) is 0 Å². The van der Waals surface area contributed by atoms with Gasteiger partial charge in [0.05, 0.1) is 10.4 Å². The molecule has 2 heterocycles. The number of hydrogen-bond acceptors (Lipinski definition) is 4. The molecule has 0 aliphatic carbocycles. The van der Waals surface area contributed by atoms with E-state index < -0.39 is 6.10 Å². The van der Waals surface area contributed by atoms with Crippen molar-refractivity contribution in [2.24, 2.45) is 0 Å². The molecule has 0 aliphatic heterocycles. The van der Waals surface area contributed by atoms with Crippen LogP contribution in [0.5, 0.6) is 0 Å². The first kappa shape index (κ1) is 8.87. The lowest BCUT2D eigenvalue weighted by atomic mass is 10.1. The van der Waals surface area contributed by atoms with Gasteiger partial charge in [0.2, 0.25) is 0 Å². The third kappa shape index (κ3) is 1.65. The van der Waals surface area contributed by atoms with E-state index in [0.717, 1.165) is 10.4 Å². The molecule has 0 spiro atoms. The van der Waals surface area contributed by atoms with Gasteiger partial charge in [0, 0.05) is 11.1 Å². The molecule has 0 fully saturated rings. The molecule has 0 radical (unpaired) electrons. The van der Waals surface area contributed by atoms with Crippen LogP contribution in [-0.4, -0.2) is 10.1 Å². The van der Waals surface area contributed by atoms with Crippen LogP contribution < -0.4 is 0 Å². The molecule has 0 saturated carbocycles. The van der Waals surface area contributed by atoms with Gasteiger partial charge in [-0.1, -0.05) is 0 Å². The van der Waals surface area contributed by atoms with Crippen molar-refractivity contribution in [3.05, 3.63) is 38.5 Å². The van der Waals surface area contributed by atoms with Gasteiger partial charge in [-0.3, -0.25) is 4.98 Å². The van der Waals surface area contributed by atoms with Gasteiger partial charge in [0.25, 0.3) is 0 Å². The summed E-state index contributed by atoms with van der Waals surface area (Å²) in [5.74, 6) is 0. The summed E-state index contributed by atoms with van der Waals surface area (Å²) in [7, 11) is 0. The van der Waals surface area contributed by atoms with Crippen molar-refractivity contribution >= 4 is 22.7 Å². The third-order valence-corrected chi connectivity index (χ3v) is 3.60. The second-order valence-electron chi connectivity index (χ2n) is 2.74. The van der Waals surface area contributed by atoms with Crippen LogP contribution in [0, 0.1) is 6.92 Å². The van der Waals surface area contributed by atoms with Gasteiger partial charge in [-0.25, -0.2) is 0 Å². The first-order valence-corrected chi connectivity index (χ1v) is 5.65. The Bertz CT molecular complexity index is 380. The topological polar surface area (TPSA) is 33.1 Å². The van der Waals surface area contributed by atoms with Gasteiger partial charge >= 0.3 is 0 Å². The van der Waals surface area contributed by atoms with Crippen molar-refractivity contribution in [3.63, 3.8) is 0 Å². The van der Waals surface area contributed by atoms with E-state index in [1.807, 2.05) is 18.4 Å². The van der Waals surface area contributed by atoms with E-state index in [1.165, 1.54) is 16.2 Å². The smallest absolute Gasteiger partial charge is 0.116 e. The largest absolute Gasteiger partial charge is 0.383 e. The Morgan fingerprint density at radius 3 is 2.85 bits per heavy atom.